The fourth-order valence-corrected chi connectivity index (χ4v) is 1.60. The van der Waals surface area contributed by atoms with Crippen LogP contribution in [0.3, 0.4) is 0 Å². The van der Waals surface area contributed by atoms with Crippen LogP contribution < -0.4 is 0 Å². The Hall–Kier alpha value is -1.71. The SMILES string of the molecule is C=CC(=O)O.OC1(O)CC(F)(F)C(F)(F)C(F)(F)C(F)(F)C(F)(F)C1(F)F. The predicted molar refractivity (Wildman–Crippen MR) is 59.3 cm³/mol. The minimum absolute atomic E-state index is 0.833. The first-order valence-electron chi connectivity index (χ1n) is 6.05. The maximum absolute atomic E-state index is 13.0. The van der Waals surface area contributed by atoms with Crippen molar-refractivity contribution in [2.45, 2.75) is 47.7 Å². The van der Waals surface area contributed by atoms with Crippen molar-refractivity contribution in [2.24, 2.45) is 0 Å². The molecule has 4 nitrogen and oxygen atoms in total. The number of aliphatic carboxylic acids is 1. The van der Waals surface area contributed by atoms with Gasteiger partial charge in [-0.2, -0.15) is 52.7 Å². The van der Waals surface area contributed by atoms with E-state index in [2.05, 4.69) is 6.58 Å². The summed E-state index contributed by atoms with van der Waals surface area (Å²) >= 11 is 0. The van der Waals surface area contributed by atoms with Gasteiger partial charge in [0.1, 0.15) is 0 Å². The number of alkyl halides is 12. The van der Waals surface area contributed by atoms with E-state index in [4.69, 9.17) is 15.3 Å². The molecule has 0 atom stereocenters. The molecule has 0 aliphatic heterocycles. The molecule has 0 aromatic rings. The van der Waals surface area contributed by atoms with Crippen molar-refractivity contribution in [1.29, 1.82) is 0 Å². The highest BCUT2D eigenvalue weighted by Crippen LogP contribution is 2.65. The van der Waals surface area contributed by atoms with E-state index in [0.29, 0.717) is 0 Å². The lowest BCUT2D eigenvalue weighted by atomic mass is 9.81. The summed E-state index contributed by atoms with van der Waals surface area (Å²) in [7, 11) is 0. The third-order valence-corrected chi connectivity index (χ3v) is 3.18. The Balaban J connectivity index is 0.00000119. The molecule has 1 saturated carbocycles. The van der Waals surface area contributed by atoms with Crippen LogP contribution in [0.5, 0.6) is 0 Å². The molecule has 160 valence electrons. The Morgan fingerprint density at radius 1 is 0.704 bits per heavy atom. The van der Waals surface area contributed by atoms with E-state index < -0.39 is 53.7 Å². The van der Waals surface area contributed by atoms with Crippen molar-refractivity contribution in [1.82, 2.24) is 0 Å². The van der Waals surface area contributed by atoms with Crippen LogP contribution in [0, 0.1) is 0 Å². The van der Waals surface area contributed by atoms with Crippen molar-refractivity contribution >= 4 is 5.97 Å². The predicted octanol–water partition coefficient (Wildman–Crippen LogP) is 3.14. The van der Waals surface area contributed by atoms with Gasteiger partial charge >= 0.3 is 41.5 Å². The Labute approximate surface area is 140 Å². The first-order valence-corrected chi connectivity index (χ1v) is 6.05. The van der Waals surface area contributed by atoms with Crippen molar-refractivity contribution in [3.05, 3.63) is 12.7 Å². The van der Waals surface area contributed by atoms with Crippen LogP contribution in [0.25, 0.3) is 0 Å². The topological polar surface area (TPSA) is 77.8 Å². The molecule has 1 aliphatic rings. The van der Waals surface area contributed by atoms with E-state index in [1.165, 1.54) is 0 Å². The van der Waals surface area contributed by atoms with Gasteiger partial charge in [0, 0.05) is 6.08 Å². The molecule has 0 aromatic carbocycles. The Bertz CT molecular complexity index is 558. The Morgan fingerprint density at radius 2 is 0.963 bits per heavy atom. The third-order valence-electron chi connectivity index (χ3n) is 3.18. The van der Waals surface area contributed by atoms with Crippen LogP contribution in [0.4, 0.5) is 52.7 Å². The molecule has 0 amide bonds. The van der Waals surface area contributed by atoms with E-state index in [0.717, 1.165) is 6.08 Å². The summed E-state index contributed by atoms with van der Waals surface area (Å²) in [5, 5.41) is 24.5. The molecule has 0 heterocycles. The van der Waals surface area contributed by atoms with Crippen molar-refractivity contribution in [3.8, 4) is 0 Å². The van der Waals surface area contributed by atoms with Gasteiger partial charge in [0.25, 0.3) is 0 Å². The molecule has 1 rings (SSSR count). The normalized spacial score (nSPS) is 28.5. The van der Waals surface area contributed by atoms with E-state index in [-0.39, 0.29) is 0 Å². The lowest BCUT2D eigenvalue weighted by Gasteiger charge is -2.47. The Morgan fingerprint density at radius 3 is 1.26 bits per heavy atom. The van der Waals surface area contributed by atoms with Crippen LogP contribution in [-0.4, -0.2) is 62.6 Å². The fourth-order valence-electron chi connectivity index (χ4n) is 1.60. The second kappa shape index (κ2) is 6.42. The third kappa shape index (κ3) is 3.32. The number of hydrogen-bond acceptors (Lipinski definition) is 3. The summed E-state index contributed by atoms with van der Waals surface area (Å²) in [5.74, 6) is -50.6. The fraction of sp³-hybridized carbons (Fsp3) is 0.727. The van der Waals surface area contributed by atoms with Crippen LogP contribution in [0.15, 0.2) is 12.7 Å². The zero-order chi connectivity index (χ0) is 22.5. The number of aliphatic hydroxyl groups is 2. The lowest BCUT2D eigenvalue weighted by Crippen LogP contribution is -2.78. The number of hydrogen-bond donors (Lipinski definition) is 3. The summed E-state index contributed by atoms with van der Waals surface area (Å²) < 4.78 is 155. The number of halogens is 12. The summed E-state index contributed by atoms with van der Waals surface area (Å²) in [5.41, 5.74) is 0. The van der Waals surface area contributed by atoms with Crippen molar-refractivity contribution in [2.75, 3.05) is 0 Å². The highest BCUT2D eigenvalue weighted by Gasteiger charge is 2.94. The molecule has 1 aliphatic carbocycles. The zero-order valence-electron chi connectivity index (χ0n) is 12.3. The average Bonchev–Trinajstić information content (AvgIpc) is 2.44. The molecule has 0 radical (unpaired) electrons. The standard InChI is InChI=1S/C8H4F12O2.C3H4O2/c9-2(10)1-3(21,22)5(13,14)7(17,18)8(19,20)6(15,16)4(2,11)12;1-2-3(4)5/h21-22H,1H2;2H,1H2,(H,4,5). The molecule has 0 bridgehead atoms. The van der Waals surface area contributed by atoms with Crippen LogP contribution >= 0.6 is 0 Å². The Kier molecular flexibility index (Phi) is 6.02. The zero-order valence-corrected chi connectivity index (χ0v) is 12.3. The first-order chi connectivity index (χ1) is 11.5. The van der Waals surface area contributed by atoms with E-state index in [1.54, 1.807) is 0 Å². The van der Waals surface area contributed by atoms with Crippen molar-refractivity contribution < 1.29 is 72.8 Å². The number of carbonyl (C=O) groups is 1. The van der Waals surface area contributed by atoms with Gasteiger partial charge in [-0.05, 0) is 0 Å². The van der Waals surface area contributed by atoms with Gasteiger partial charge in [-0.1, -0.05) is 6.58 Å². The van der Waals surface area contributed by atoms with Gasteiger partial charge in [-0.15, -0.1) is 0 Å². The first kappa shape index (κ1) is 25.3. The largest absolute Gasteiger partial charge is 0.478 e. The summed E-state index contributed by atoms with van der Waals surface area (Å²) in [6.45, 7) is 2.96. The minimum Gasteiger partial charge on any atom is -0.478 e. The summed E-state index contributed by atoms with van der Waals surface area (Å²) in [4.78, 5) is 9.25. The molecule has 0 unspecified atom stereocenters. The summed E-state index contributed by atoms with van der Waals surface area (Å²) in [6, 6.07) is 0. The highest BCUT2D eigenvalue weighted by molar-refractivity contribution is 5.78. The maximum Gasteiger partial charge on any atom is 0.384 e. The van der Waals surface area contributed by atoms with Crippen LogP contribution in [0.2, 0.25) is 0 Å². The summed E-state index contributed by atoms with van der Waals surface area (Å²) in [6.07, 6.45) is -2.92. The molecular formula is C11H8F12O4. The maximum atomic E-state index is 13.0. The quantitative estimate of drug-likeness (QED) is 0.338. The monoisotopic (exact) mass is 432 g/mol. The molecule has 0 spiro atoms. The van der Waals surface area contributed by atoms with Gasteiger partial charge in [-0.25, -0.2) is 4.79 Å². The molecule has 27 heavy (non-hydrogen) atoms. The smallest absolute Gasteiger partial charge is 0.384 e. The van der Waals surface area contributed by atoms with Gasteiger partial charge in [0.05, 0.1) is 6.42 Å². The lowest BCUT2D eigenvalue weighted by molar-refractivity contribution is -0.481. The molecular weight excluding hydrogens is 424 g/mol. The van der Waals surface area contributed by atoms with Crippen LogP contribution in [-0.2, 0) is 4.79 Å². The molecule has 16 heteroatoms. The minimum atomic E-state index is -7.74. The second-order valence-electron chi connectivity index (χ2n) is 5.11. The number of rotatable bonds is 1. The van der Waals surface area contributed by atoms with E-state index >= 15 is 0 Å². The molecule has 0 aromatic heterocycles. The number of carboxylic acid groups (broad SMARTS) is 1. The van der Waals surface area contributed by atoms with E-state index in [1.807, 2.05) is 0 Å². The van der Waals surface area contributed by atoms with Crippen LogP contribution in [0.1, 0.15) is 6.42 Å². The highest BCUT2D eigenvalue weighted by atomic mass is 19.4. The van der Waals surface area contributed by atoms with Gasteiger partial charge in [-0.3, -0.25) is 0 Å². The molecule has 0 saturated heterocycles. The average molecular weight is 432 g/mol. The van der Waals surface area contributed by atoms with Gasteiger partial charge < -0.3 is 15.3 Å². The molecule has 1 fully saturated rings. The van der Waals surface area contributed by atoms with E-state index in [9.17, 15) is 57.5 Å². The molecule has 3 N–H and O–H groups in total. The van der Waals surface area contributed by atoms with Gasteiger partial charge in [0.2, 0.25) is 5.79 Å². The number of carboxylic acids is 1. The second-order valence-corrected chi connectivity index (χ2v) is 5.11. The van der Waals surface area contributed by atoms with Crippen molar-refractivity contribution in [3.63, 3.8) is 0 Å². The van der Waals surface area contributed by atoms with Gasteiger partial charge in [0.15, 0.2) is 0 Å².